The van der Waals surface area contributed by atoms with Crippen LogP contribution in [0.2, 0.25) is 0 Å². The molecule has 3 nitrogen and oxygen atoms in total. The number of rotatable bonds is 0. The van der Waals surface area contributed by atoms with Crippen LogP contribution >= 0.6 is 0 Å². The zero-order valence-corrected chi connectivity index (χ0v) is 8.12. The Morgan fingerprint density at radius 1 is 1.21 bits per heavy atom. The van der Waals surface area contributed by atoms with Crippen LogP contribution in [-0.2, 0) is 14.3 Å². The van der Waals surface area contributed by atoms with E-state index in [0.717, 1.165) is 43.6 Å². The maximum absolute atomic E-state index is 11.7. The highest BCUT2D eigenvalue weighted by Gasteiger charge is 2.43. The molecule has 0 radical (unpaired) electrons. The lowest BCUT2D eigenvalue weighted by Gasteiger charge is -2.25. The summed E-state index contributed by atoms with van der Waals surface area (Å²) in [7, 11) is 0. The first-order valence-corrected chi connectivity index (χ1v) is 5.41. The fourth-order valence-electron chi connectivity index (χ4n) is 2.66. The molecular weight excluding hydrogens is 180 g/mol. The maximum atomic E-state index is 11.7. The zero-order valence-electron chi connectivity index (χ0n) is 8.12. The molecule has 0 bridgehead atoms. The number of hydrogen-bond donors (Lipinski definition) is 0. The Balaban J connectivity index is 1.93. The van der Waals surface area contributed by atoms with E-state index in [0.29, 0.717) is 12.2 Å². The van der Waals surface area contributed by atoms with Crippen LogP contribution in [0.1, 0.15) is 32.1 Å². The van der Waals surface area contributed by atoms with Gasteiger partial charge in [-0.15, -0.1) is 0 Å². The predicted octanol–water partition coefficient (Wildman–Crippen LogP) is 1.78. The van der Waals surface area contributed by atoms with E-state index in [1.165, 1.54) is 0 Å². The summed E-state index contributed by atoms with van der Waals surface area (Å²) in [6.07, 6.45) is 4.53. The molecule has 0 aromatic heterocycles. The maximum Gasteiger partial charge on any atom is 0.206 e. The van der Waals surface area contributed by atoms with Crippen molar-refractivity contribution in [2.75, 3.05) is 6.61 Å². The number of ether oxygens (including phenoxy) is 2. The molecule has 3 heteroatoms. The molecule has 1 saturated heterocycles. The third-order valence-corrected chi connectivity index (χ3v) is 3.31. The van der Waals surface area contributed by atoms with Gasteiger partial charge in [-0.25, -0.2) is 0 Å². The van der Waals surface area contributed by atoms with E-state index in [9.17, 15) is 4.79 Å². The van der Waals surface area contributed by atoms with Gasteiger partial charge in [0, 0.05) is 18.4 Å². The third kappa shape index (κ3) is 1.12. The molecule has 2 atom stereocenters. The van der Waals surface area contributed by atoms with Crippen molar-refractivity contribution in [1.82, 2.24) is 0 Å². The van der Waals surface area contributed by atoms with Gasteiger partial charge in [0.1, 0.15) is 5.76 Å². The van der Waals surface area contributed by atoms with Gasteiger partial charge in [-0.1, -0.05) is 0 Å². The van der Waals surface area contributed by atoms with Crippen molar-refractivity contribution < 1.29 is 14.3 Å². The fourth-order valence-corrected chi connectivity index (χ4v) is 2.66. The van der Waals surface area contributed by atoms with Gasteiger partial charge in [0.25, 0.3) is 0 Å². The van der Waals surface area contributed by atoms with E-state index < -0.39 is 0 Å². The summed E-state index contributed by atoms with van der Waals surface area (Å²) in [6, 6.07) is 0. The number of fused-ring (bicyclic) bond motifs is 2. The molecule has 3 rings (SSSR count). The van der Waals surface area contributed by atoms with Crippen molar-refractivity contribution in [1.29, 1.82) is 0 Å². The molecule has 0 saturated carbocycles. The number of carbonyl (C=O) groups excluding carboxylic acids is 1. The Hall–Kier alpha value is -0.830. The largest absolute Gasteiger partial charge is 0.468 e. The van der Waals surface area contributed by atoms with Crippen molar-refractivity contribution in [2.45, 2.75) is 38.4 Å². The SMILES string of the molecule is O=C1CCCC2=C1C1CCCOC1O2. The van der Waals surface area contributed by atoms with Crippen LogP contribution in [0.4, 0.5) is 0 Å². The molecule has 0 aromatic carbocycles. The van der Waals surface area contributed by atoms with Gasteiger partial charge in [-0.05, 0) is 19.3 Å². The Bertz CT molecular complexity index is 306. The molecule has 0 N–H and O–H groups in total. The molecule has 76 valence electrons. The van der Waals surface area contributed by atoms with Gasteiger partial charge in [0.2, 0.25) is 6.29 Å². The molecule has 1 fully saturated rings. The second-order valence-electron chi connectivity index (χ2n) is 4.22. The van der Waals surface area contributed by atoms with Crippen LogP contribution in [-0.4, -0.2) is 18.7 Å². The van der Waals surface area contributed by atoms with Crippen molar-refractivity contribution in [3.8, 4) is 0 Å². The fraction of sp³-hybridized carbons (Fsp3) is 0.727. The minimum atomic E-state index is -0.143. The molecule has 0 spiro atoms. The van der Waals surface area contributed by atoms with Gasteiger partial charge < -0.3 is 9.47 Å². The summed E-state index contributed by atoms with van der Waals surface area (Å²) in [4.78, 5) is 11.7. The summed E-state index contributed by atoms with van der Waals surface area (Å²) < 4.78 is 11.2. The summed E-state index contributed by atoms with van der Waals surface area (Å²) in [5, 5.41) is 0. The minimum Gasteiger partial charge on any atom is -0.468 e. The van der Waals surface area contributed by atoms with Crippen LogP contribution in [0.5, 0.6) is 0 Å². The normalized spacial score (nSPS) is 36.4. The zero-order chi connectivity index (χ0) is 9.54. The van der Waals surface area contributed by atoms with Crippen LogP contribution in [0.15, 0.2) is 11.3 Å². The van der Waals surface area contributed by atoms with Gasteiger partial charge in [0.05, 0.1) is 12.5 Å². The van der Waals surface area contributed by atoms with Crippen LogP contribution in [0.3, 0.4) is 0 Å². The van der Waals surface area contributed by atoms with E-state index >= 15 is 0 Å². The third-order valence-electron chi connectivity index (χ3n) is 3.31. The highest BCUT2D eigenvalue weighted by molar-refractivity contribution is 5.97. The Morgan fingerprint density at radius 2 is 2.14 bits per heavy atom. The van der Waals surface area contributed by atoms with Gasteiger partial charge >= 0.3 is 0 Å². The second-order valence-corrected chi connectivity index (χ2v) is 4.22. The van der Waals surface area contributed by atoms with E-state index in [1.807, 2.05) is 0 Å². The van der Waals surface area contributed by atoms with Crippen molar-refractivity contribution in [3.63, 3.8) is 0 Å². The average Bonchev–Trinajstić information content (AvgIpc) is 2.57. The Kier molecular flexibility index (Phi) is 1.87. The van der Waals surface area contributed by atoms with E-state index in [-0.39, 0.29) is 12.2 Å². The topological polar surface area (TPSA) is 35.5 Å². The molecule has 2 heterocycles. The number of ketones is 1. The highest BCUT2D eigenvalue weighted by atomic mass is 16.7. The first-order chi connectivity index (χ1) is 6.86. The first kappa shape index (κ1) is 8.48. The summed E-state index contributed by atoms with van der Waals surface area (Å²) in [5.74, 6) is 1.47. The highest BCUT2D eigenvalue weighted by Crippen LogP contribution is 2.42. The standard InChI is InChI=1S/C11H14O3/c12-8-4-1-5-9-10(8)7-3-2-6-13-11(7)14-9/h7,11H,1-6H2. The summed E-state index contributed by atoms with van der Waals surface area (Å²) >= 11 is 0. The van der Waals surface area contributed by atoms with Crippen LogP contribution in [0.25, 0.3) is 0 Å². The van der Waals surface area contributed by atoms with Gasteiger partial charge in [0.15, 0.2) is 5.78 Å². The lowest BCUT2D eigenvalue weighted by Crippen LogP contribution is -2.29. The van der Waals surface area contributed by atoms with Crippen molar-refractivity contribution >= 4 is 5.78 Å². The lowest BCUT2D eigenvalue weighted by atomic mass is 9.85. The summed E-state index contributed by atoms with van der Waals surface area (Å²) in [5.41, 5.74) is 0.959. The molecule has 3 aliphatic rings. The lowest BCUT2D eigenvalue weighted by molar-refractivity contribution is -0.146. The first-order valence-electron chi connectivity index (χ1n) is 5.41. The molecule has 2 aliphatic heterocycles. The van der Waals surface area contributed by atoms with Crippen molar-refractivity contribution in [2.24, 2.45) is 5.92 Å². The minimum absolute atomic E-state index is 0.143. The summed E-state index contributed by atoms with van der Waals surface area (Å²) in [6.45, 7) is 0.774. The smallest absolute Gasteiger partial charge is 0.206 e. The predicted molar refractivity (Wildman–Crippen MR) is 49.4 cm³/mol. The number of carbonyl (C=O) groups is 1. The average molecular weight is 194 g/mol. The van der Waals surface area contributed by atoms with E-state index in [4.69, 9.17) is 9.47 Å². The molecule has 0 aromatic rings. The number of hydrogen-bond acceptors (Lipinski definition) is 3. The molecule has 2 unspecified atom stereocenters. The molecule has 14 heavy (non-hydrogen) atoms. The van der Waals surface area contributed by atoms with E-state index in [1.54, 1.807) is 0 Å². The molecule has 0 amide bonds. The van der Waals surface area contributed by atoms with Gasteiger partial charge in [-0.2, -0.15) is 0 Å². The second kappa shape index (κ2) is 3.09. The monoisotopic (exact) mass is 194 g/mol. The Morgan fingerprint density at radius 3 is 3.07 bits per heavy atom. The number of Topliss-reactive ketones (excluding diaryl/α,β-unsaturated/α-hetero) is 1. The van der Waals surface area contributed by atoms with Crippen LogP contribution in [0, 0.1) is 5.92 Å². The van der Waals surface area contributed by atoms with Gasteiger partial charge in [-0.3, -0.25) is 4.79 Å². The Labute approximate surface area is 83.1 Å². The molecule has 1 aliphatic carbocycles. The molecular formula is C11H14O3. The number of allylic oxidation sites excluding steroid dienone is 1. The van der Waals surface area contributed by atoms with E-state index in [2.05, 4.69) is 0 Å². The van der Waals surface area contributed by atoms with Crippen LogP contribution < -0.4 is 0 Å². The van der Waals surface area contributed by atoms with Crippen molar-refractivity contribution in [3.05, 3.63) is 11.3 Å². The quantitative estimate of drug-likeness (QED) is 0.589.